The highest BCUT2D eigenvalue weighted by molar-refractivity contribution is 5.75. The van der Waals surface area contributed by atoms with Crippen LogP contribution in [0.25, 0.3) is 11.3 Å². The molecule has 0 aliphatic carbocycles. The Hall–Kier alpha value is -2.25. The van der Waals surface area contributed by atoms with Crippen molar-refractivity contribution in [1.29, 1.82) is 0 Å². The van der Waals surface area contributed by atoms with E-state index in [-0.39, 0.29) is 17.8 Å². The molecule has 1 atom stereocenters. The fourth-order valence-electron chi connectivity index (χ4n) is 4.46. The molecule has 0 spiro atoms. The minimum atomic E-state index is -0.242. The highest BCUT2D eigenvalue weighted by Crippen LogP contribution is 2.26. The van der Waals surface area contributed by atoms with Crippen LogP contribution in [0.15, 0.2) is 30.5 Å². The highest BCUT2D eigenvalue weighted by atomic mass is 19.1. The van der Waals surface area contributed by atoms with Gasteiger partial charge in [0.05, 0.1) is 18.0 Å². The molecule has 1 aromatic carbocycles. The number of nitrogens with zero attached hydrogens (tertiary/aromatic N) is 2. The van der Waals surface area contributed by atoms with E-state index in [4.69, 9.17) is 4.74 Å². The zero-order chi connectivity index (χ0) is 20.8. The molecule has 1 unspecified atom stereocenters. The van der Waals surface area contributed by atoms with Crippen molar-refractivity contribution in [2.45, 2.75) is 51.2 Å². The number of H-pyrrole nitrogens is 1. The minimum absolute atomic E-state index is 0.145. The fourth-order valence-corrected chi connectivity index (χ4v) is 4.46. The lowest BCUT2D eigenvalue weighted by atomic mass is 9.91. The number of carbonyl (C=O) groups excluding carboxylic acids is 1. The zero-order valence-corrected chi connectivity index (χ0v) is 17.4. The summed E-state index contributed by atoms with van der Waals surface area (Å²) in [4.78, 5) is 14.5. The van der Waals surface area contributed by atoms with Crippen LogP contribution in [0, 0.1) is 11.7 Å². The summed E-state index contributed by atoms with van der Waals surface area (Å²) in [7, 11) is 0. The quantitative estimate of drug-likeness (QED) is 0.694. The van der Waals surface area contributed by atoms with Gasteiger partial charge < -0.3 is 10.1 Å². The van der Waals surface area contributed by atoms with Gasteiger partial charge in [-0.3, -0.25) is 14.8 Å². The van der Waals surface area contributed by atoms with Crippen LogP contribution < -0.4 is 5.32 Å². The summed E-state index contributed by atoms with van der Waals surface area (Å²) < 4.78 is 19.1. The van der Waals surface area contributed by atoms with Gasteiger partial charge in [-0.1, -0.05) is 12.1 Å². The van der Waals surface area contributed by atoms with E-state index < -0.39 is 0 Å². The number of piperidine rings is 1. The average Bonchev–Trinajstić information content (AvgIpc) is 3.44. The molecule has 0 bridgehead atoms. The van der Waals surface area contributed by atoms with Crippen LogP contribution in [0.5, 0.6) is 0 Å². The van der Waals surface area contributed by atoms with Crippen LogP contribution in [-0.2, 0) is 16.1 Å². The second-order valence-electron chi connectivity index (χ2n) is 8.48. The molecule has 2 fully saturated rings. The third kappa shape index (κ3) is 5.67. The summed E-state index contributed by atoms with van der Waals surface area (Å²) in [5.41, 5.74) is 2.80. The van der Waals surface area contributed by atoms with E-state index in [2.05, 4.69) is 20.4 Å². The first-order valence-electron chi connectivity index (χ1n) is 11.1. The second-order valence-corrected chi connectivity index (χ2v) is 8.48. The number of rotatable bonds is 8. The van der Waals surface area contributed by atoms with Crippen molar-refractivity contribution in [3.63, 3.8) is 0 Å². The molecule has 6 nitrogen and oxygen atoms in total. The molecular formula is C23H31FN4O2. The lowest BCUT2D eigenvalue weighted by Gasteiger charge is -2.31. The molecule has 7 heteroatoms. The first-order valence-corrected chi connectivity index (χ1v) is 11.1. The van der Waals surface area contributed by atoms with E-state index >= 15 is 0 Å². The van der Waals surface area contributed by atoms with Crippen LogP contribution in [-0.4, -0.2) is 53.3 Å². The molecule has 0 saturated carbocycles. The van der Waals surface area contributed by atoms with E-state index in [1.165, 1.54) is 12.1 Å². The first-order chi connectivity index (χ1) is 14.7. The maximum atomic E-state index is 13.6. The molecule has 4 rings (SSSR count). The van der Waals surface area contributed by atoms with Gasteiger partial charge in [-0.2, -0.15) is 5.10 Å². The Kier molecular flexibility index (Phi) is 7.12. The summed E-state index contributed by atoms with van der Waals surface area (Å²) in [6.07, 6.45) is 7.95. The van der Waals surface area contributed by atoms with E-state index in [0.29, 0.717) is 18.9 Å². The van der Waals surface area contributed by atoms with Crippen molar-refractivity contribution in [2.24, 2.45) is 5.92 Å². The van der Waals surface area contributed by atoms with E-state index in [9.17, 15) is 9.18 Å². The predicted molar refractivity (Wildman–Crippen MR) is 113 cm³/mol. The molecule has 30 heavy (non-hydrogen) atoms. The summed E-state index contributed by atoms with van der Waals surface area (Å²) in [5.74, 6) is 0.501. The molecule has 2 N–H and O–H groups in total. The number of amides is 1. The lowest BCUT2D eigenvalue weighted by Crippen LogP contribution is -2.34. The second kappa shape index (κ2) is 10.2. The number of halogens is 1. The van der Waals surface area contributed by atoms with Gasteiger partial charge in [0.25, 0.3) is 0 Å². The highest BCUT2D eigenvalue weighted by Gasteiger charge is 2.22. The standard InChI is InChI=1S/C23H31FN4O2/c24-20-4-1-3-18(13-20)23-19(14-26-27-23)16-28-10-8-17(9-11-28)6-7-22(29)25-15-21-5-2-12-30-21/h1,3-4,13-14,17,21H,2,5-12,15-16H2,(H,25,29)(H,26,27). The van der Waals surface area contributed by atoms with Gasteiger partial charge in [0.15, 0.2) is 0 Å². The van der Waals surface area contributed by atoms with Crippen molar-refractivity contribution in [1.82, 2.24) is 20.4 Å². The third-order valence-corrected chi connectivity index (χ3v) is 6.26. The van der Waals surface area contributed by atoms with E-state index in [0.717, 1.165) is 75.2 Å². The topological polar surface area (TPSA) is 70.2 Å². The number of nitrogens with one attached hydrogen (secondary N) is 2. The Morgan fingerprint density at radius 3 is 2.93 bits per heavy atom. The Labute approximate surface area is 177 Å². The van der Waals surface area contributed by atoms with E-state index in [1.54, 1.807) is 6.07 Å². The van der Waals surface area contributed by atoms with Gasteiger partial charge in [0, 0.05) is 37.2 Å². The summed E-state index contributed by atoms with van der Waals surface area (Å²) in [6.45, 7) is 4.29. The average molecular weight is 415 g/mol. The number of benzene rings is 1. The van der Waals surface area contributed by atoms with Crippen LogP contribution >= 0.6 is 0 Å². The smallest absolute Gasteiger partial charge is 0.220 e. The van der Waals surface area contributed by atoms with Crippen molar-refractivity contribution in [2.75, 3.05) is 26.2 Å². The maximum Gasteiger partial charge on any atom is 0.220 e. The largest absolute Gasteiger partial charge is 0.376 e. The first kappa shape index (κ1) is 21.0. The predicted octanol–water partition coefficient (Wildman–Crippen LogP) is 3.50. The van der Waals surface area contributed by atoms with Crippen LogP contribution in [0.1, 0.15) is 44.1 Å². The monoisotopic (exact) mass is 414 g/mol. The molecule has 1 aromatic heterocycles. The number of carbonyl (C=O) groups is 1. The normalized spacial score (nSPS) is 20.5. The summed E-state index contributed by atoms with van der Waals surface area (Å²) >= 11 is 0. The van der Waals surface area contributed by atoms with Crippen molar-refractivity contribution < 1.29 is 13.9 Å². The number of likely N-dealkylation sites (tertiary alicyclic amines) is 1. The Morgan fingerprint density at radius 2 is 2.17 bits per heavy atom. The van der Waals surface area contributed by atoms with Gasteiger partial charge in [0.2, 0.25) is 5.91 Å². The number of ether oxygens (including phenoxy) is 1. The molecular weight excluding hydrogens is 383 g/mol. The van der Waals surface area contributed by atoms with Gasteiger partial charge in [-0.15, -0.1) is 0 Å². The zero-order valence-electron chi connectivity index (χ0n) is 17.4. The Bertz CT molecular complexity index is 826. The van der Waals surface area contributed by atoms with Gasteiger partial charge >= 0.3 is 0 Å². The van der Waals surface area contributed by atoms with Crippen molar-refractivity contribution in [3.8, 4) is 11.3 Å². The van der Waals surface area contributed by atoms with Crippen LogP contribution in [0.4, 0.5) is 4.39 Å². The van der Waals surface area contributed by atoms with Crippen molar-refractivity contribution >= 4 is 5.91 Å². The molecule has 162 valence electrons. The van der Waals surface area contributed by atoms with Crippen LogP contribution in [0.3, 0.4) is 0 Å². The SMILES string of the molecule is O=C(CCC1CCN(Cc2cn[nH]c2-c2cccc(F)c2)CC1)NCC1CCCO1. The van der Waals surface area contributed by atoms with Crippen LogP contribution in [0.2, 0.25) is 0 Å². The summed E-state index contributed by atoms with van der Waals surface area (Å²) in [6, 6.07) is 6.61. The minimum Gasteiger partial charge on any atom is -0.376 e. The van der Waals surface area contributed by atoms with Gasteiger partial charge in [-0.05, 0) is 63.2 Å². The molecule has 2 aromatic rings. The molecule has 2 aliphatic heterocycles. The molecule has 1 amide bonds. The molecule has 2 saturated heterocycles. The number of aromatic amines is 1. The van der Waals surface area contributed by atoms with Crippen molar-refractivity contribution in [3.05, 3.63) is 41.8 Å². The number of aromatic nitrogens is 2. The number of hydrogen-bond acceptors (Lipinski definition) is 4. The lowest BCUT2D eigenvalue weighted by molar-refractivity contribution is -0.122. The molecule has 2 aliphatic rings. The Balaban J connectivity index is 1.19. The fraction of sp³-hybridized carbons (Fsp3) is 0.565. The number of hydrogen-bond donors (Lipinski definition) is 2. The van der Waals surface area contributed by atoms with Gasteiger partial charge in [-0.25, -0.2) is 4.39 Å². The van der Waals surface area contributed by atoms with Gasteiger partial charge in [0.1, 0.15) is 5.82 Å². The third-order valence-electron chi connectivity index (χ3n) is 6.26. The molecule has 0 radical (unpaired) electrons. The van der Waals surface area contributed by atoms with E-state index in [1.807, 2.05) is 12.3 Å². The molecule has 3 heterocycles. The maximum absolute atomic E-state index is 13.6. The Morgan fingerprint density at radius 1 is 1.30 bits per heavy atom. The summed E-state index contributed by atoms with van der Waals surface area (Å²) in [5, 5.41) is 10.2.